The molecule has 1 atom stereocenters. The molecular weight excluding hydrogens is 365 g/mol. The maximum absolute atomic E-state index is 12.6. The van der Waals surface area contributed by atoms with E-state index in [1.165, 1.54) is 23.9 Å². The van der Waals surface area contributed by atoms with E-state index >= 15 is 0 Å². The van der Waals surface area contributed by atoms with Crippen LogP contribution in [-0.4, -0.2) is 11.1 Å². The Hall–Kier alpha value is -2.41. The van der Waals surface area contributed by atoms with Gasteiger partial charge < -0.3 is 9.84 Å². The second-order valence-electron chi connectivity index (χ2n) is 5.77. The number of rotatable bonds is 4. The summed E-state index contributed by atoms with van der Waals surface area (Å²) in [7, 11) is 0. The molecule has 0 saturated carbocycles. The van der Waals surface area contributed by atoms with Gasteiger partial charge in [0.05, 0.1) is 5.56 Å². The maximum Gasteiger partial charge on any atom is 0.416 e. The van der Waals surface area contributed by atoms with Crippen LogP contribution in [-0.2, 0) is 21.5 Å². The minimum absolute atomic E-state index is 0.0359. The van der Waals surface area contributed by atoms with Crippen LogP contribution in [0.5, 0.6) is 0 Å². The van der Waals surface area contributed by atoms with E-state index in [9.17, 15) is 23.1 Å². The SMILES string of the molecule is O=C1OC(c2ccc(C(F)(F)F)cc2)CC(O)=C1SCc1ccccc1. The van der Waals surface area contributed by atoms with Crippen LogP contribution in [0.25, 0.3) is 0 Å². The molecule has 1 unspecified atom stereocenters. The number of esters is 1. The predicted octanol–water partition coefficient (Wildman–Crippen LogP) is 5.40. The van der Waals surface area contributed by atoms with Crippen LogP contribution in [0.4, 0.5) is 13.2 Å². The number of cyclic esters (lactones) is 1. The maximum atomic E-state index is 12.6. The van der Waals surface area contributed by atoms with Crippen LogP contribution >= 0.6 is 11.8 Å². The number of aliphatic hydroxyl groups excluding tert-OH is 1. The van der Waals surface area contributed by atoms with Gasteiger partial charge in [-0.3, -0.25) is 0 Å². The van der Waals surface area contributed by atoms with E-state index in [-0.39, 0.29) is 17.1 Å². The van der Waals surface area contributed by atoms with Gasteiger partial charge in [-0.25, -0.2) is 4.79 Å². The molecule has 1 N–H and O–H groups in total. The molecule has 0 aliphatic carbocycles. The lowest BCUT2D eigenvalue weighted by Gasteiger charge is -2.24. The Morgan fingerprint density at radius 1 is 1.08 bits per heavy atom. The first-order chi connectivity index (χ1) is 12.3. The van der Waals surface area contributed by atoms with Crippen molar-refractivity contribution in [3.05, 3.63) is 82.0 Å². The summed E-state index contributed by atoms with van der Waals surface area (Å²) in [4.78, 5) is 12.3. The first-order valence-corrected chi connectivity index (χ1v) is 8.80. The molecule has 3 nitrogen and oxygen atoms in total. The molecule has 3 rings (SSSR count). The molecule has 2 aromatic carbocycles. The van der Waals surface area contributed by atoms with Gasteiger partial charge in [0.1, 0.15) is 16.8 Å². The Balaban J connectivity index is 1.71. The van der Waals surface area contributed by atoms with Gasteiger partial charge in [-0.1, -0.05) is 42.5 Å². The Morgan fingerprint density at radius 2 is 1.73 bits per heavy atom. The van der Waals surface area contributed by atoms with Crippen molar-refractivity contribution in [2.75, 3.05) is 0 Å². The molecule has 2 aromatic rings. The summed E-state index contributed by atoms with van der Waals surface area (Å²) in [6, 6.07) is 13.8. The number of halogens is 3. The van der Waals surface area contributed by atoms with Gasteiger partial charge in [0, 0.05) is 12.2 Å². The standard InChI is InChI=1S/C19H15F3O3S/c20-19(21,22)14-8-6-13(7-9-14)16-10-15(23)17(18(24)25-16)26-11-12-4-2-1-3-5-12/h1-9,16,23H,10-11H2. The number of carbonyl (C=O) groups is 1. The zero-order valence-electron chi connectivity index (χ0n) is 13.5. The summed E-state index contributed by atoms with van der Waals surface area (Å²) in [6.07, 6.45) is -5.19. The molecule has 26 heavy (non-hydrogen) atoms. The van der Waals surface area contributed by atoms with Crippen LogP contribution in [0.3, 0.4) is 0 Å². The Bertz CT molecular complexity index is 814. The number of hydrogen-bond donors (Lipinski definition) is 1. The number of aliphatic hydroxyl groups is 1. The van der Waals surface area contributed by atoms with Crippen molar-refractivity contribution in [3.8, 4) is 0 Å². The minimum Gasteiger partial charge on any atom is -0.511 e. The topological polar surface area (TPSA) is 46.5 Å². The van der Waals surface area contributed by atoms with Gasteiger partial charge >= 0.3 is 12.1 Å². The molecule has 1 aliphatic heterocycles. The second kappa shape index (κ2) is 7.45. The fraction of sp³-hybridized carbons (Fsp3) is 0.211. The lowest BCUT2D eigenvalue weighted by molar-refractivity contribution is -0.146. The highest BCUT2D eigenvalue weighted by molar-refractivity contribution is 8.03. The number of thioether (sulfide) groups is 1. The summed E-state index contributed by atoms with van der Waals surface area (Å²) in [6.45, 7) is 0. The van der Waals surface area contributed by atoms with Crippen molar-refractivity contribution in [2.24, 2.45) is 0 Å². The van der Waals surface area contributed by atoms with Crippen LogP contribution in [0.1, 0.15) is 29.2 Å². The van der Waals surface area contributed by atoms with Crippen LogP contribution < -0.4 is 0 Å². The zero-order chi connectivity index (χ0) is 18.7. The third kappa shape index (κ3) is 4.22. The fourth-order valence-corrected chi connectivity index (χ4v) is 3.47. The molecule has 0 spiro atoms. The van der Waals surface area contributed by atoms with Crippen molar-refractivity contribution in [3.63, 3.8) is 0 Å². The second-order valence-corrected chi connectivity index (χ2v) is 6.75. The Morgan fingerprint density at radius 3 is 2.31 bits per heavy atom. The molecule has 0 fully saturated rings. The summed E-state index contributed by atoms with van der Waals surface area (Å²) in [5.41, 5.74) is 0.628. The van der Waals surface area contributed by atoms with Crippen molar-refractivity contribution < 1.29 is 27.8 Å². The fourth-order valence-electron chi connectivity index (χ4n) is 2.56. The summed E-state index contributed by atoms with van der Waals surface area (Å²) in [5.74, 6) is -0.271. The van der Waals surface area contributed by atoms with Gasteiger partial charge in [-0.05, 0) is 23.3 Å². The Labute approximate surface area is 152 Å². The minimum atomic E-state index is -4.43. The quantitative estimate of drug-likeness (QED) is 0.722. The lowest BCUT2D eigenvalue weighted by atomic mass is 10.0. The van der Waals surface area contributed by atoms with E-state index in [0.29, 0.717) is 11.3 Å². The largest absolute Gasteiger partial charge is 0.511 e. The number of ether oxygens (including phenoxy) is 1. The average Bonchev–Trinajstić information content (AvgIpc) is 2.61. The molecular formula is C19H15F3O3S. The van der Waals surface area contributed by atoms with Crippen LogP contribution in [0.2, 0.25) is 0 Å². The van der Waals surface area contributed by atoms with Crippen molar-refractivity contribution in [2.45, 2.75) is 24.5 Å². The summed E-state index contributed by atoms with van der Waals surface area (Å²) in [5, 5.41) is 10.2. The highest BCUT2D eigenvalue weighted by atomic mass is 32.2. The Kier molecular flexibility index (Phi) is 5.27. The number of benzene rings is 2. The number of hydrogen-bond acceptors (Lipinski definition) is 4. The number of alkyl halides is 3. The molecule has 0 bridgehead atoms. The first-order valence-electron chi connectivity index (χ1n) is 7.81. The van der Waals surface area contributed by atoms with Gasteiger partial charge in [0.25, 0.3) is 0 Å². The van der Waals surface area contributed by atoms with Gasteiger partial charge in [0.2, 0.25) is 0 Å². The van der Waals surface area contributed by atoms with Crippen molar-refractivity contribution in [1.82, 2.24) is 0 Å². The van der Waals surface area contributed by atoms with Crippen molar-refractivity contribution >= 4 is 17.7 Å². The first kappa shape index (κ1) is 18.4. The molecule has 136 valence electrons. The molecule has 0 aromatic heterocycles. The number of carbonyl (C=O) groups excluding carboxylic acids is 1. The molecule has 1 heterocycles. The highest BCUT2D eigenvalue weighted by Crippen LogP contribution is 2.37. The van der Waals surface area contributed by atoms with Gasteiger partial charge in [0.15, 0.2) is 0 Å². The van der Waals surface area contributed by atoms with E-state index in [4.69, 9.17) is 4.74 Å². The summed E-state index contributed by atoms with van der Waals surface area (Å²) >= 11 is 1.18. The molecule has 0 saturated heterocycles. The predicted molar refractivity (Wildman–Crippen MR) is 92.3 cm³/mol. The lowest BCUT2D eigenvalue weighted by Crippen LogP contribution is -2.20. The summed E-state index contributed by atoms with van der Waals surface area (Å²) < 4.78 is 43.2. The van der Waals surface area contributed by atoms with Crippen LogP contribution in [0.15, 0.2) is 65.3 Å². The van der Waals surface area contributed by atoms with E-state index in [0.717, 1.165) is 17.7 Å². The zero-order valence-corrected chi connectivity index (χ0v) is 14.3. The smallest absolute Gasteiger partial charge is 0.416 e. The normalized spacial score (nSPS) is 18.0. The molecule has 0 amide bonds. The molecule has 1 aliphatic rings. The van der Waals surface area contributed by atoms with E-state index in [1.807, 2.05) is 30.3 Å². The highest BCUT2D eigenvalue weighted by Gasteiger charge is 2.33. The van der Waals surface area contributed by atoms with Gasteiger partial charge in [-0.2, -0.15) is 13.2 Å². The van der Waals surface area contributed by atoms with Crippen molar-refractivity contribution in [1.29, 1.82) is 0 Å². The third-order valence-electron chi connectivity index (χ3n) is 3.91. The average molecular weight is 380 g/mol. The van der Waals surface area contributed by atoms with E-state index in [1.54, 1.807) is 0 Å². The van der Waals surface area contributed by atoms with Gasteiger partial charge in [-0.15, -0.1) is 11.8 Å². The van der Waals surface area contributed by atoms with Crippen LogP contribution in [0, 0.1) is 0 Å². The third-order valence-corrected chi connectivity index (χ3v) is 5.08. The van der Waals surface area contributed by atoms with E-state index < -0.39 is 23.8 Å². The molecule has 0 radical (unpaired) electrons. The van der Waals surface area contributed by atoms with E-state index in [2.05, 4.69) is 0 Å². The monoisotopic (exact) mass is 380 g/mol. The molecule has 7 heteroatoms.